The third kappa shape index (κ3) is 2.27. The smallest absolute Gasteiger partial charge is 0.232 e. The zero-order valence-corrected chi connectivity index (χ0v) is 7.97. The van der Waals surface area contributed by atoms with Gasteiger partial charge >= 0.3 is 0 Å². The van der Waals surface area contributed by atoms with Gasteiger partial charge in [-0.1, -0.05) is 17.7 Å². The van der Waals surface area contributed by atoms with E-state index < -0.39 is 16.6 Å². The van der Waals surface area contributed by atoms with E-state index in [9.17, 15) is 13.5 Å². The molecule has 0 bridgehead atoms. The second-order valence-electron chi connectivity index (χ2n) is 2.80. The van der Waals surface area contributed by atoms with Gasteiger partial charge in [-0.2, -0.15) is 0 Å². The third-order valence-electron chi connectivity index (χ3n) is 1.68. The lowest BCUT2D eigenvalue weighted by molar-refractivity contribution is 0.175. The highest BCUT2D eigenvalue weighted by Gasteiger charge is 2.12. The van der Waals surface area contributed by atoms with E-state index in [1.54, 1.807) is 13.0 Å². The quantitative estimate of drug-likeness (QED) is 0.757. The molecule has 1 radical (unpaired) electrons. The number of benzene rings is 1. The molecule has 4 nitrogen and oxygen atoms in total. The number of hydrogen-bond acceptors (Lipinski definition) is 2. The monoisotopic (exact) mass is 200 g/mol. The van der Waals surface area contributed by atoms with Crippen LogP contribution in [0.15, 0.2) is 23.1 Å². The first-order valence-corrected chi connectivity index (χ1v) is 5.20. The summed E-state index contributed by atoms with van der Waals surface area (Å²) >= 11 is 0. The molecule has 0 saturated heterocycles. The van der Waals surface area contributed by atoms with Crippen LogP contribution in [0.25, 0.3) is 0 Å². The summed E-state index contributed by atoms with van der Waals surface area (Å²) in [5.41, 5.74) is 1.07. The highest BCUT2D eigenvalue weighted by molar-refractivity contribution is 7.89. The molecule has 0 fully saturated rings. The predicted molar refractivity (Wildman–Crippen MR) is 46.9 cm³/mol. The van der Waals surface area contributed by atoms with Gasteiger partial charge in [0.15, 0.2) is 0 Å². The lowest BCUT2D eigenvalue weighted by atomic mass is 10.1. The minimum absolute atomic E-state index is 0.0758. The van der Waals surface area contributed by atoms with Gasteiger partial charge < -0.3 is 0 Å². The van der Waals surface area contributed by atoms with Crippen molar-refractivity contribution in [1.82, 2.24) is 0 Å². The molecule has 0 aliphatic carbocycles. The Hall–Kier alpha value is -0.910. The van der Waals surface area contributed by atoms with Gasteiger partial charge in [0.05, 0.1) is 4.90 Å². The van der Waals surface area contributed by atoms with Crippen molar-refractivity contribution in [3.05, 3.63) is 29.3 Å². The second kappa shape index (κ2) is 3.45. The molecule has 0 atom stereocenters. The molecule has 71 valence electrons. The van der Waals surface area contributed by atoms with E-state index in [4.69, 9.17) is 5.14 Å². The number of aryl methyl sites for hydroxylation is 1. The van der Waals surface area contributed by atoms with Gasteiger partial charge in [0, 0.05) is 5.56 Å². The zero-order valence-electron chi connectivity index (χ0n) is 7.15. The van der Waals surface area contributed by atoms with E-state index in [1.165, 1.54) is 12.1 Å². The van der Waals surface area contributed by atoms with Crippen LogP contribution < -0.4 is 5.14 Å². The van der Waals surface area contributed by atoms with Crippen LogP contribution in [0.3, 0.4) is 0 Å². The first kappa shape index (κ1) is 10.2. The van der Waals surface area contributed by atoms with Crippen LogP contribution in [0.5, 0.6) is 0 Å². The lowest BCUT2D eigenvalue weighted by Crippen LogP contribution is -2.14. The average Bonchev–Trinajstić information content (AvgIpc) is 2.01. The molecule has 0 aliphatic rings. The van der Waals surface area contributed by atoms with Crippen LogP contribution in [0.4, 0.5) is 0 Å². The fourth-order valence-corrected chi connectivity index (χ4v) is 1.84. The van der Waals surface area contributed by atoms with Crippen LogP contribution in [0.1, 0.15) is 11.1 Å². The Balaban J connectivity index is 3.39. The third-order valence-corrected chi connectivity index (χ3v) is 2.69. The molecule has 1 rings (SSSR count). The van der Waals surface area contributed by atoms with Gasteiger partial charge in [-0.05, 0) is 13.0 Å². The largest absolute Gasteiger partial charge is 0.238 e. The number of rotatable bonds is 2. The van der Waals surface area contributed by atoms with Crippen molar-refractivity contribution in [3.63, 3.8) is 0 Å². The molecule has 2 N–H and O–H groups in total. The average molecular weight is 200 g/mol. The molecule has 13 heavy (non-hydrogen) atoms. The maximum absolute atomic E-state index is 11.0. The summed E-state index contributed by atoms with van der Waals surface area (Å²) < 4.78 is 21.9. The normalized spacial score (nSPS) is 11.6. The summed E-state index contributed by atoms with van der Waals surface area (Å²) in [6.45, 7) is 1.21. The first-order chi connectivity index (χ1) is 5.95. The van der Waals surface area contributed by atoms with Gasteiger partial charge in [0.25, 0.3) is 0 Å². The Labute approximate surface area is 77.1 Å². The van der Waals surface area contributed by atoms with Gasteiger partial charge in [-0.25, -0.2) is 18.7 Å². The highest BCUT2D eigenvalue weighted by atomic mass is 32.2. The van der Waals surface area contributed by atoms with E-state index in [-0.39, 0.29) is 10.5 Å². The number of primary sulfonamides is 1. The Morgan fingerprint density at radius 2 is 2.00 bits per heavy atom. The van der Waals surface area contributed by atoms with Crippen molar-refractivity contribution in [3.8, 4) is 0 Å². The molecule has 0 heterocycles. The summed E-state index contributed by atoms with van der Waals surface area (Å²) in [4.78, 5) is -0.0758. The van der Waals surface area contributed by atoms with Crippen LogP contribution in [0, 0.1) is 6.92 Å². The lowest BCUT2D eigenvalue weighted by Gasteiger charge is -2.04. The summed E-state index contributed by atoms with van der Waals surface area (Å²) in [6, 6.07) is 4.50. The van der Waals surface area contributed by atoms with Gasteiger partial charge in [-0.3, -0.25) is 0 Å². The highest BCUT2D eigenvalue weighted by Crippen LogP contribution is 2.15. The van der Waals surface area contributed by atoms with E-state index >= 15 is 0 Å². The molecule has 1 aromatic rings. The van der Waals surface area contributed by atoms with Crippen molar-refractivity contribution >= 4 is 10.0 Å². The Bertz CT molecular complexity index is 411. The summed E-state index contributed by atoms with van der Waals surface area (Å²) in [5, 5.41) is 15.5. The van der Waals surface area contributed by atoms with Gasteiger partial charge in [0.2, 0.25) is 10.0 Å². The molecule has 5 heteroatoms. The van der Waals surface area contributed by atoms with Crippen LogP contribution >= 0.6 is 0 Å². The Kier molecular flexibility index (Phi) is 2.70. The van der Waals surface area contributed by atoms with Crippen LogP contribution in [-0.4, -0.2) is 8.42 Å². The maximum atomic E-state index is 11.0. The minimum Gasteiger partial charge on any atom is -0.232 e. The minimum atomic E-state index is -3.76. The molecular formula is C8H10NO3S. The maximum Gasteiger partial charge on any atom is 0.238 e. The summed E-state index contributed by atoms with van der Waals surface area (Å²) in [5.74, 6) is 0. The Morgan fingerprint density at radius 1 is 1.38 bits per heavy atom. The van der Waals surface area contributed by atoms with E-state index in [2.05, 4.69) is 0 Å². The SMILES string of the molecule is Cc1ccc(S(N)(=O)=O)c(C[O])c1. The molecule has 1 aromatic carbocycles. The van der Waals surface area contributed by atoms with E-state index in [0.717, 1.165) is 5.56 Å². The van der Waals surface area contributed by atoms with Crippen molar-refractivity contribution in [2.45, 2.75) is 18.4 Å². The summed E-state index contributed by atoms with van der Waals surface area (Å²) in [7, 11) is -3.76. The summed E-state index contributed by atoms with van der Waals surface area (Å²) in [6.07, 6.45) is 0. The standard InChI is InChI=1S/C8H10NO3S/c1-6-2-3-8(13(9,11)12)7(4-6)5-10/h2-4H,5H2,1H3,(H2,9,11,12). The molecular weight excluding hydrogens is 190 g/mol. The van der Waals surface area contributed by atoms with Gasteiger partial charge in [-0.15, -0.1) is 0 Å². The molecule has 0 spiro atoms. The topological polar surface area (TPSA) is 80.1 Å². The van der Waals surface area contributed by atoms with Crippen molar-refractivity contribution in [1.29, 1.82) is 0 Å². The first-order valence-electron chi connectivity index (χ1n) is 3.65. The second-order valence-corrected chi connectivity index (χ2v) is 4.33. The van der Waals surface area contributed by atoms with Crippen LogP contribution in [-0.2, 0) is 21.7 Å². The van der Waals surface area contributed by atoms with Gasteiger partial charge in [0.1, 0.15) is 6.61 Å². The van der Waals surface area contributed by atoms with Crippen molar-refractivity contribution < 1.29 is 13.5 Å². The number of sulfonamides is 1. The number of hydrogen-bond donors (Lipinski definition) is 1. The van der Waals surface area contributed by atoms with Crippen molar-refractivity contribution in [2.75, 3.05) is 0 Å². The Morgan fingerprint density at radius 3 is 2.46 bits per heavy atom. The van der Waals surface area contributed by atoms with E-state index in [0.29, 0.717) is 0 Å². The van der Waals surface area contributed by atoms with Crippen molar-refractivity contribution in [2.24, 2.45) is 5.14 Å². The molecule has 0 aromatic heterocycles. The molecule has 0 saturated carbocycles. The fraction of sp³-hybridized carbons (Fsp3) is 0.250. The number of nitrogens with two attached hydrogens (primary N) is 1. The molecule has 0 unspecified atom stereocenters. The predicted octanol–water partition coefficient (Wildman–Crippen LogP) is 0.573. The molecule has 0 aliphatic heterocycles. The van der Waals surface area contributed by atoms with E-state index in [1.807, 2.05) is 0 Å². The fourth-order valence-electron chi connectivity index (χ4n) is 1.10. The zero-order chi connectivity index (χ0) is 10.1. The van der Waals surface area contributed by atoms with Crippen LogP contribution in [0.2, 0.25) is 0 Å². The molecule has 0 amide bonds.